The summed E-state index contributed by atoms with van der Waals surface area (Å²) < 4.78 is 31.1. The highest BCUT2D eigenvalue weighted by molar-refractivity contribution is 7.92. The van der Waals surface area contributed by atoms with Crippen LogP contribution in [0.25, 0.3) is 0 Å². The fraction of sp³-hybridized carbons (Fsp3) is 0.500. The standard InChI is InChI=1S/C26H35N5O5S/c1-37(34,35)29-23-17-22(18-27-19-23)28-26(33)31-13-11-30(12-14-31)25(32)21-8-5-9-24(16-21)36-15-10-20-6-3-2-4-7-20/h5,8-9,16-20,29H,2-4,6-7,10-15H2,1H3,(H,28,33). The number of carbonyl (C=O) groups is 2. The Morgan fingerprint density at radius 3 is 2.43 bits per heavy atom. The summed E-state index contributed by atoms with van der Waals surface area (Å²) in [6.07, 6.45) is 11.4. The average Bonchev–Trinajstić information content (AvgIpc) is 2.88. The van der Waals surface area contributed by atoms with Gasteiger partial charge in [0, 0.05) is 31.7 Å². The maximum Gasteiger partial charge on any atom is 0.322 e. The Balaban J connectivity index is 1.25. The Morgan fingerprint density at radius 2 is 1.70 bits per heavy atom. The molecular weight excluding hydrogens is 494 g/mol. The summed E-state index contributed by atoms with van der Waals surface area (Å²) in [6, 6.07) is 8.48. The molecule has 4 rings (SSSR count). The summed E-state index contributed by atoms with van der Waals surface area (Å²) in [5.74, 6) is 1.37. The Kier molecular flexibility index (Phi) is 8.86. The first-order valence-corrected chi connectivity index (χ1v) is 14.7. The van der Waals surface area contributed by atoms with Crippen LogP contribution >= 0.6 is 0 Å². The summed E-state index contributed by atoms with van der Waals surface area (Å²) in [5.41, 5.74) is 1.21. The number of amides is 3. The number of anilines is 2. The third-order valence-electron chi connectivity index (χ3n) is 6.75. The zero-order chi connectivity index (χ0) is 26.3. The van der Waals surface area contributed by atoms with Crippen molar-refractivity contribution in [2.75, 3.05) is 49.1 Å². The number of rotatable bonds is 8. The van der Waals surface area contributed by atoms with E-state index in [4.69, 9.17) is 4.74 Å². The summed E-state index contributed by atoms with van der Waals surface area (Å²) >= 11 is 0. The van der Waals surface area contributed by atoms with Crippen molar-refractivity contribution < 1.29 is 22.7 Å². The Hall–Kier alpha value is -3.34. The molecule has 0 spiro atoms. The van der Waals surface area contributed by atoms with Crippen molar-refractivity contribution in [2.24, 2.45) is 5.92 Å². The first-order chi connectivity index (χ1) is 17.8. The minimum absolute atomic E-state index is 0.0819. The van der Waals surface area contributed by atoms with Gasteiger partial charge in [0.05, 0.1) is 36.6 Å². The Labute approximate surface area is 218 Å². The molecule has 2 heterocycles. The minimum Gasteiger partial charge on any atom is -0.494 e. The predicted molar refractivity (Wildman–Crippen MR) is 142 cm³/mol. The SMILES string of the molecule is CS(=O)(=O)Nc1cncc(NC(=O)N2CCN(C(=O)c3cccc(OCCC4CCCCC4)c3)CC2)c1. The summed E-state index contributed by atoms with van der Waals surface area (Å²) in [6.45, 7) is 2.24. The molecule has 2 fully saturated rings. The van der Waals surface area contributed by atoms with Crippen molar-refractivity contribution >= 4 is 33.3 Å². The van der Waals surface area contributed by atoms with Gasteiger partial charge in [-0.25, -0.2) is 13.2 Å². The van der Waals surface area contributed by atoms with Crippen molar-refractivity contribution in [1.29, 1.82) is 0 Å². The van der Waals surface area contributed by atoms with E-state index in [1.54, 1.807) is 21.9 Å². The topological polar surface area (TPSA) is 121 Å². The molecule has 2 aromatic rings. The van der Waals surface area contributed by atoms with Gasteiger partial charge >= 0.3 is 6.03 Å². The number of hydrogen-bond donors (Lipinski definition) is 2. The number of pyridine rings is 1. The first-order valence-electron chi connectivity index (χ1n) is 12.8. The zero-order valence-corrected chi connectivity index (χ0v) is 22.0. The highest BCUT2D eigenvalue weighted by atomic mass is 32.2. The molecule has 3 amide bonds. The van der Waals surface area contributed by atoms with Crippen molar-refractivity contribution in [1.82, 2.24) is 14.8 Å². The van der Waals surface area contributed by atoms with Gasteiger partial charge in [-0.05, 0) is 36.6 Å². The van der Waals surface area contributed by atoms with E-state index in [1.165, 1.54) is 50.6 Å². The van der Waals surface area contributed by atoms with Gasteiger partial charge < -0.3 is 19.9 Å². The highest BCUT2D eigenvalue weighted by Crippen LogP contribution is 2.26. The quantitative estimate of drug-likeness (QED) is 0.537. The monoisotopic (exact) mass is 529 g/mol. The van der Waals surface area contributed by atoms with Crippen molar-refractivity contribution in [2.45, 2.75) is 38.5 Å². The molecule has 1 saturated carbocycles. The smallest absolute Gasteiger partial charge is 0.322 e. The zero-order valence-electron chi connectivity index (χ0n) is 21.2. The van der Waals surface area contributed by atoms with E-state index in [-0.39, 0.29) is 17.6 Å². The van der Waals surface area contributed by atoms with Crippen LogP contribution in [0.5, 0.6) is 5.75 Å². The molecule has 0 atom stereocenters. The second-order valence-corrected chi connectivity index (χ2v) is 11.5. The molecule has 1 aliphatic heterocycles. The number of carbonyl (C=O) groups excluding carboxylic acids is 2. The van der Waals surface area contributed by atoms with Crippen LogP contribution < -0.4 is 14.8 Å². The Morgan fingerprint density at radius 1 is 1.00 bits per heavy atom. The summed E-state index contributed by atoms with van der Waals surface area (Å²) in [7, 11) is -3.45. The van der Waals surface area contributed by atoms with Gasteiger partial charge in [-0.1, -0.05) is 38.2 Å². The second-order valence-electron chi connectivity index (χ2n) is 9.71. The van der Waals surface area contributed by atoms with Gasteiger partial charge in [0.1, 0.15) is 5.75 Å². The van der Waals surface area contributed by atoms with E-state index in [0.717, 1.165) is 18.6 Å². The fourth-order valence-electron chi connectivity index (χ4n) is 4.81. The van der Waals surface area contributed by atoms with Crippen molar-refractivity contribution in [3.05, 3.63) is 48.3 Å². The number of hydrogen-bond acceptors (Lipinski definition) is 6. The van der Waals surface area contributed by atoms with Crippen LogP contribution in [0, 0.1) is 5.92 Å². The van der Waals surface area contributed by atoms with Crippen LogP contribution in [0.3, 0.4) is 0 Å². The largest absolute Gasteiger partial charge is 0.494 e. The van der Waals surface area contributed by atoms with Crippen LogP contribution in [0.4, 0.5) is 16.2 Å². The molecule has 11 heteroatoms. The molecule has 0 unspecified atom stereocenters. The van der Waals surface area contributed by atoms with Gasteiger partial charge in [0.15, 0.2) is 0 Å². The van der Waals surface area contributed by atoms with E-state index in [2.05, 4.69) is 15.0 Å². The molecule has 10 nitrogen and oxygen atoms in total. The lowest BCUT2D eigenvalue weighted by Gasteiger charge is -2.34. The molecule has 2 aliphatic rings. The van der Waals surface area contributed by atoms with Crippen molar-refractivity contribution in [3.8, 4) is 5.75 Å². The van der Waals surface area contributed by atoms with E-state index >= 15 is 0 Å². The normalized spacial score (nSPS) is 16.8. The molecule has 1 aromatic heterocycles. The highest BCUT2D eigenvalue weighted by Gasteiger charge is 2.25. The maximum atomic E-state index is 13.1. The molecule has 1 saturated heterocycles. The third-order valence-corrected chi connectivity index (χ3v) is 7.35. The Bertz CT molecular complexity index is 1190. The summed E-state index contributed by atoms with van der Waals surface area (Å²) in [5, 5.41) is 2.73. The number of benzene rings is 1. The number of sulfonamides is 1. The van der Waals surface area contributed by atoms with Gasteiger partial charge in [-0.2, -0.15) is 0 Å². The fourth-order valence-corrected chi connectivity index (χ4v) is 5.35. The van der Waals surface area contributed by atoms with E-state index in [9.17, 15) is 18.0 Å². The molecule has 37 heavy (non-hydrogen) atoms. The number of nitrogens with one attached hydrogen (secondary N) is 2. The third kappa shape index (κ3) is 8.08. The number of piperazine rings is 1. The lowest BCUT2D eigenvalue weighted by Crippen LogP contribution is -2.51. The van der Waals surface area contributed by atoms with Gasteiger partial charge in [-0.3, -0.25) is 14.5 Å². The average molecular weight is 530 g/mol. The van der Waals surface area contributed by atoms with Crippen molar-refractivity contribution in [3.63, 3.8) is 0 Å². The second kappa shape index (κ2) is 12.3. The van der Waals surface area contributed by atoms with Crippen LogP contribution in [0.15, 0.2) is 42.7 Å². The van der Waals surface area contributed by atoms with Gasteiger partial charge in [-0.15, -0.1) is 0 Å². The number of nitrogens with zero attached hydrogens (tertiary/aromatic N) is 3. The number of ether oxygens (including phenoxy) is 1. The number of urea groups is 1. The maximum absolute atomic E-state index is 13.1. The molecule has 0 bridgehead atoms. The molecule has 200 valence electrons. The van der Waals surface area contributed by atoms with E-state index in [1.807, 2.05) is 12.1 Å². The lowest BCUT2D eigenvalue weighted by atomic mass is 9.87. The van der Waals surface area contributed by atoms with Gasteiger partial charge in [0.2, 0.25) is 10.0 Å². The lowest BCUT2D eigenvalue weighted by molar-refractivity contribution is 0.0671. The number of aromatic nitrogens is 1. The van der Waals surface area contributed by atoms with E-state index in [0.29, 0.717) is 49.8 Å². The van der Waals surface area contributed by atoms with Crippen LogP contribution in [-0.2, 0) is 10.0 Å². The van der Waals surface area contributed by atoms with Gasteiger partial charge in [0.25, 0.3) is 5.91 Å². The summed E-state index contributed by atoms with van der Waals surface area (Å²) in [4.78, 5) is 33.1. The van der Waals surface area contributed by atoms with Crippen LogP contribution in [0.2, 0.25) is 0 Å². The predicted octanol–water partition coefficient (Wildman–Crippen LogP) is 3.79. The molecular formula is C26H35N5O5S. The van der Waals surface area contributed by atoms with E-state index < -0.39 is 10.0 Å². The molecule has 2 N–H and O–H groups in total. The van der Waals surface area contributed by atoms with Crippen LogP contribution in [-0.4, -0.2) is 74.2 Å². The minimum atomic E-state index is -3.45. The first kappa shape index (κ1) is 26.7. The molecule has 0 radical (unpaired) electrons. The molecule has 1 aliphatic carbocycles. The molecule has 1 aromatic carbocycles. The van der Waals surface area contributed by atoms with Crippen LogP contribution in [0.1, 0.15) is 48.9 Å².